The van der Waals surface area contributed by atoms with Gasteiger partial charge in [0.2, 0.25) is 5.91 Å². The first kappa shape index (κ1) is 21.8. The van der Waals surface area contributed by atoms with Gasteiger partial charge in [-0.15, -0.1) is 5.10 Å². The number of halogens is 1. The molecular formula is C25H21ClN6O2. The number of aromatic nitrogens is 5. The van der Waals surface area contributed by atoms with E-state index in [0.29, 0.717) is 16.2 Å². The highest BCUT2D eigenvalue weighted by molar-refractivity contribution is 6.30. The molecule has 0 spiro atoms. The number of benzene rings is 3. The molecule has 0 fully saturated rings. The van der Waals surface area contributed by atoms with E-state index in [4.69, 9.17) is 11.6 Å². The molecule has 5 rings (SSSR count). The lowest BCUT2D eigenvalue weighted by molar-refractivity contribution is -0.120. The lowest BCUT2D eigenvalue weighted by Crippen LogP contribution is -2.39. The van der Waals surface area contributed by atoms with Crippen LogP contribution in [0.1, 0.15) is 11.6 Å². The van der Waals surface area contributed by atoms with Crippen LogP contribution in [0.3, 0.4) is 0 Å². The summed E-state index contributed by atoms with van der Waals surface area (Å²) in [6.45, 7) is -0.327. The summed E-state index contributed by atoms with van der Waals surface area (Å²) in [5.74, 6) is -0.246. The van der Waals surface area contributed by atoms with E-state index >= 15 is 0 Å². The summed E-state index contributed by atoms with van der Waals surface area (Å²) in [5.41, 5.74) is 4.63. The Hall–Kier alpha value is -4.01. The average Bonchev–Trinajstić information content (AvgIpc) is 3.53. The van der Waals surface area contributed by atoms with Crippen molar-refractivity contribution in [3.05, 3.63) is 95.9 Å². The third-order valence-electron chi connectivity index (χ3n) is 5.65. The number of aromatic amines is 1. The van der Waals surface area contributed by atoms with Gasteiger partial charge in [0.15, 0.2) is 0 Å². The second kappa shape index (κ2) is 9.46. The molecule has 0 aliphatic rings. The van der Waals surface area contributed by atoms with Crippen molar-refractivity contribution in [2.24, 2.45) is 0 Å². The van der Waals surface area contributed by atoms with Gasteiger partial charge in [0.05, 0.1) is 36.4 Å². The van der Waals surface area contributed by atoms with Crippen molar-refractivity contribution in [1.82, 2.24) is 25.0 Å². The minimum Gasteiger partial charge on any atom is -0.394 e. The van der Waals surface area contributed by atoms with Crippen LogP contribution in [0.25, 0.3) is 22.3 Å². The minimum atomic E-state index is -0.640. The summed E-state index contributed by atoms with van der Waals surface area (Å²) in [6.07, 6.45) is 3.35. The molecule has 2 heterocycles. The smallest absolute Gasteiger partial charge is 0.249 e. The van der Waals surface area contributed by atoms with E-state index in [0.717, 1.165) is 22.3 Å². The zero-order valence-electron chi connectivity index (χ0n) is 18.0. The van der Waals surface area contributed by atoms with E-state index in [1.807, 2.05) is 54.6 Å². The highest BCUT2D eigenvalue weighted by atomic mass is 35.5. The predicted octanol–water partition coefficient (Wildman–Crippen LogP) is 4.24. The number of para-hydroxylation sites is 1. The molecule has 1 amide bonds. The molecular weight excluding hydrogens is 452 g/mol. The lowest BCUT2D eigenvalue weighted by Gasteiger charge is -2.31. The minimum absolute atomic E-state index is 0.0418. The molecule has 0 bridgehead atoms. The van der Waals surface area contributed by atoms with Crippen LogP contribution in [0.4, 0.5) is 5.69 Å². The van der Waals surface area contributed by atoms with Crippen molar-refractivity contribution in [3.8, 4) is 11.3 Å². The Morgan fingerprint density at radius 1 is 1.09 bits per heavy atom. The lowest BCUT2D eigenvalue weighted by atomic mass is 10.0. The topological polar surface area (TPSA) is 99.9 Å². The van der Waals surface area contributed by atoms with Crippen molar-refractivity contribution in [2.75, 3.05) is 11.5 Å². The number of fused-ring (bicyclic) bond motifs is 1. The molecule has 0 saturated carbocycles. The van der Waals surface area contributed by atoms with Crippen LogP contribution in [0.5, 0.6) is 0 Å². The maximum Gasteiger partial charge on any atom is 0.249 e. The Labute approximate surface area is 200 Å². The summed E-state index contributed by atoms with van der Waals surface area (Å²) in [7, 11) is 0. The van der Waals surface area contributed by atoms with Gasteiger partial charge in [0, 0.05) is 10.7 Å². The van der Waals surface area contributed by atoms with E-state index < -0.39 is 6.04 Å². The first-order valence-corrected chi connectivity index (χ1v) is 11.1. The number of H-pyrrole nitrogens is 1. The second-order valence-corrected chi connectivity index (χ2v) is 8.20. The Kier molecular flexibility index (Phi) is 6.07. The number of aliphatic hydroxyl groups is 1. The van der Waals surface area contributed by atoms with Gasteiger partial charge in [-0.1, -0.05) is 53.2 Å². The number of nitrogens with one attached hydrogen (secondary N) is 1. The van der Waals surface area contributed by atoms with Gasteiger partial charge in [-0.05, 0) is 47.5 Å². The molecule has 9 heteroatoms. The van der Waals surface area contributed by atoms with E-state index in [1.165, 1.54) is 0 Å². The van der Waals surface area contributed by atoms with Crippen molar-refractivity contribution >= 4 is 34.2 Å². The zero-order chi connectivity index (χ0) is 23.5. The molecule has 5 aromatic rings. The van der Waals surface area contributed by atoms with Crippen LogP contribution in [0.15, 0.2) is 85.3 Å². The summed E-state index contributed by atoms with van der Waals surface area (Å²) >= 11 is 6.22. The summed E-state index contributed by atoms with van der Waals surface area (Å²) in [4.78, 5) is 22.4. The Bertz CT molecular complexity index is 1420. The Balaban J connectivity index is 1.53. The van der Waals surface area contributed by atoms with Crippen molar-refractivity contribution in [2.45, 2.75) is 12.6 Å². The summed E-state index contributed by atoms with van der Waals surface area (Å²) < 4.78 is 1.57. The quantitative estimate of drug-likeness (QED) is 0.369. The number of nitrogens with zero attached hydrogens (tertiary/aromatic N) is 5. The second-order valence-electron chi connectivity index (χ2n) is 7.77. The predicted molar refractivity (Wildman–Crippen MR) is 130 cm³/mol. The molecule has 34 heavy (non-hydrogen) atoms. The molecule has 0 aliphatic heterocycles. The number of carbonyl (C=O) groups is 1. The zero-order valence-corrected chi connectivity index (χ0v) is 18.8. The number of anilines is 1. The van der Waals surface area contributed by atoms with Crippen LogP contribution in [-0.4, -0.2) is 42.6 Å². The molecule has 8 nitrogen and oxygen atoms in total. The van der Waals surface area contributed by atoms with Crippen LogP contribution >= 0.6 is 11.6 Å². The van der Waals surface area contributed by atoms with Gasteiger partial charge in [0.1, 0.15) is 12.1 Å². The Morgan fingerprint density at radius 3 is 2.65 bits per heavy atom. The molecule has 0 saturated heterocycles. The third kappa shape index (κ3) is 4.28. The SMILES string of the molecule is O=C(Cn1nnc2ccccc21)N(c1ccc(-c2cnc[nH]2)cc1)C(CO)c1cccc(Cl)c1. The molecule has 3 aromatic carbocycles. The molecule has 1 atom stereocenters. The number of imidazole rings is 1. The van der Waals surface area contributed by atoms with Gasteiger partial charge in [-0.2, -0.15) is 0 Å². The number of amides is 1. The van der Waals surface area contributed by atoms with Crippen LogP contribution in [0.2, 0.25) is 5.02 Å². The van der Waals surface area contributed by atoms with Gasteiger partial charge < -0.3 is 15.0 Å². The van der Waals surface area contributed by atoms with Gasteiger partial charge in [0.25, 0.3) is 0 Å². The third-order valence-corrected chi connectivity index (χ3v) is 5.88. The molecule has 1 unspecified atom stereocenters. The van der Waals surface area contributed by atoms with Gasteiger partial charge in [-0.3, -0.25) is 4.79 Å². The van der Waals surface area contributed by atoms with E-state index in [1.54, 1.807) is 40.3 Å². The first-order chi connectivity index (χ1) is 16.6. The van der Waals surface area contributed by atoms with Gasteiger partial charge in [-0.25, -0.2) is 9.67 Å². The van der Waals surface area contributed by atoms with Crippen molar-refractivity contribution in [1.29, 1.82) is 0 Å². The summed E-state index contributed by atoms with van der Waals surface area (Å²) in [6, 6.07) is 21.5. The number of carbonyl (C=O) groups excluding carboxylic acids is 1. The van der Waals surface area contributed by atoms with E-state index in [9.17, 15) is 9.90 Å². The standard InChI is InChI=1S/C25H21ClN6O2/c26-19-5-3-4-18(12-19)24(15-33)32(20-10-8-17(9-11-20)22-13-27-16-28-22)25(34)14-31-23-7-2-1-6-21(23)29-30-31/h1-13,16,24,33H,14-15H2,(H,27,28). The largest absolute Gasteiger partial charge is 0.394 e. The maximum absolute atomic E-state index is 13.7. The number of rotatable bonds is 7. The van der Waals surface area contributed by atoms with E-state index in [-0.39, 0.29) is 19.1 Å². The highest BCUT2D eigenvalue weighted by Crippen LogP contribution is 2.31. The summed E-state index contributed by atoms with van der Waals surface area (Å²) in [5, 5.41) is 19.2. The fraction of sp³-hybridized carbons (Fsp3) is 0.120. The normalized spacial score (nSPS) is 12.1. The van der Waals surface area contributed by atoms with Crippen LogP contribution in [-0.2, 0) is 11.3 Å². The van der Waals surface area contributed by atoms with E-state index in [2.05, 4.69) is 20.3 Å². The Morgan fingerprint density at radius 2 is 1.91 bits per heavy atom. The molecule has 170 valence electrons. The number of hydrogen-bond donors (Lipinski definition) is 2. The molecule has 0 radical (unpaired) electrons. The van der Waals surface area contributed by atoms with Crippen LogP contribution in [0, 0.1) is 0 Å². The molecule has 2 aromatic heterocycles. The highest BCUT2D eigenvalue weighted by Gasteiger charge is 2.27. The fourth-order valence-electron chi connectivity index (χ4n) is 4.00. The average molecular weight is 473 g/mol. The monoisotopic (exact) mass is 472 g/mol. The first-order valence-electron chi connectivity index (χ1n) is 10.7. The van der Waals surface area contributed by atoms with Gasteiger partial charge >= 0.3 is 0 Å². The number of aliphatic hydroxyl groups excluding tert-OH is 1. The number of hydrogen-bond acceptors (Lipinski definition) is 5. The van der Waals surface area contributed by atoms with Crippen LogP contribution < -0.4 is 4.90 Å². The maximum atomic E-state index is 13.7. The van der Waals surface area contributed by atoms with Crippen molar-refractivity contribution in [3.63, 3.8) is 0 Å². The molecule has 2 N–H and O–H groups in total. The van der Waals surface area contributed by atoms with Crippen molar-refractivity contribution < 1.29 is 9.90 Å². The fourth-order valence-corrected chi connectivity index (χ4v) is 4.20. The molecule has 0 aliphatic carbocycles.